The first-order chi connectivity index (χ1) is 15.1. The second-order valence-corrected chi connectivity index (χ2v) is 7.95. The lowest BCUT2D eigenvalue weighted by molar-refractivity contribution is 0.659. The lowest BCUT2D eigenvalue weighted by Gasteiger charge is -2.09. The maximum atomic E-state index is 4.85. The van der Waals surface area contributed by atoms with Crippen LogP contribution in [0, 0.1) is 6.92 Å². The van der Waals surface area contributed by atoms with Gasteiger partial charge < -0.3 is 9.88 Å². The lowest BCUT2D eigenvalue weighted by atomic mass is 10.1. The number of imidazole rings is 1. The molecule has 1 aliphatic rings. The SMILES string of the molecule is Cc1c(-c2ccn(C)n2)cn2nc(-c3nccn3C)nc(Nc3cc4n(n3)CCC4)c12. The first-order valence-electron chi connectivity index (χ1n) is 10.3. The summed E-state index contributed by atoms with van der Waals surface area (Å²) in [6.07, 6.45) is 9.77. The van der Waals surface area contributed by atoms with Gasteiger partial charge in [0.05, 0.1) is 5.69 Å². The largest absolute Gasteiger partial charge is 0.331 e. The minimum Gasteiger partial charge on any atom is -0.331 e. The van der Waals surface area contributed by atoms with Crippen LogP contribution >= 0.6 is 0 Å². The van der Waals surface area contributed by atoms with Crippen molar-refractivity contribution in [3.8, 4) is 22.9 Å². The van der Waals surface area contributed by atoms with Crippen LogP contribution in [0.2, 0.25) is 0 Å². The highest BCUT2D eigenvalue weighted by molar-refractivity contribution is 5.84. The van der Waals surface area contributed by atoms with Crippen LogP contribution in [-0.2, 0) is 27.1 Å². The van der Waals surface area contributed by atoms with Gasteiger partial charge in [0.15, 0.2) is 17.5 Å². The third-order valence-corrected chi connectivity index (χ3v) is 5.81. The summed E-state index contributed by atoms with van der Waals surface area (Å²) in [5.74, 6) is 2.73. The van der Waals surface area contributed by atoms with Gasteiger partial charge in [-0.25, -0.2) is 14.5 Å². The molecule has 0 amide bonds. The average molecular weight is 414 g/mol. The smallest absolute Gasteiger partial charge is 0.218 e. The summed E-state index contributed by atoms with van der Waals surface area (Å²) in [5.41, 5.74) is 5.11. The molecule has 0 saturated carbocycles. The molecule has 0 saturated heterocycles. The monoisotopic (exact) mass is 414 g/mol. The predicted molar refractivity (Wildman–Crippen MR) is 116 cm³/mol. The van der Waals surface area contributed by atoms with E-state index in [4.69, 9.17) is 15.2 Å². The Labute approximate surface area is 178 Å². The fourth-order valence-electron chi connectivity index (χ4n) is 4.25. The van der Waals surface area contributed by atoms with E-state index in [9.17, 15) is 0 Å². The van der Waals surface area contributed by atoms with Crippen LogP contribution in [0.1, 0.15) is 17.7 Å². The van der Waals surface area contributed by atoms with E-state index >= 15 is 0 Å². The number of hydrogen-bond donors (Lipinski definition) is 1. The first-order valence-corrected chi connectivity index (χ1v) is 10.3. The highest BCUT2D eigenvalue weighted by atomic mass is 15.3. The topological polar surface area (TPSA) is 95.7 Å². The van der Waals surface area contributed by atoms with E-state index in [2.05, 4.69) is 33.1 Å². The zero-order valence-electron chi connectivity index (χ0n) is 17.6. The molecule has 0 spiro atoms. The summed E-state index contributed by atoms with van der Waals surface area (Å²) in [5, 5.41) is 17.5. The quantitative estimate of drug-likeness (QED) is 0.486. The summed E-state index contributed by atoms with van der Waals surface area (Å²) < 4.78 is 7.63. The van der Waals surface area contributed by atoms with Crippen molar-refractivity contribution >= 4 is 17.2 Å². The molecule has 0 unspecified atom stereocenters. The van der Waals surface area contributed by atoms with Gasteiger partial charge in [-0.3, -0.25) is 9.36 Å². The number of nitrogens with zero attached hydrogens (tertiary/aromatic N) is 9. The number of nitrogens with one attached hydrogen (secondary N) is 1. The maximum Gasteiger partial charge on any atom is 0.218 e. The van der Waals surface area contributed by atoms with Crippen LogP contribution in [0.4, 0.5) is 11.6 Å². The molecule has 5 aromatic rings. The number of hydrogen-bond acceptors (Lipinski definition) is 6. The van der Waals surface area contributed by atoms with E-state index in [-0.39, 0.29) is 0 Å². The van der Waals surface area contributed by atoms with Crippen molar-refractivity contribution < 1.29 is 0 Å². The Bertz CT molecular complexity index is 1410. The number of rotatable bonds is 4. The zero-order chi connectivity index (χ0) is 21.1. The number of anilines is 2. The Morgan fingerprint density at radius 1 is 1.10 bits per heavy atom. The van der Waals surface area contributed by atoms with Gasteiger partial charge in [-0.15, -0.1) is 5.10 Å². The summed E-state index contributed by atoms with van der Waals surface area (Å²) in [6, 6.07) is 4.10. The van der Waals surface area contributed by atoms with Gasteiger partial charge in [0.2, 0.25) is 5.82 Å². The van der Waals surface area contributed by atoms with Gasteiger partial charge in [0.25, 0.3) is 0 Å². The molecule has 0 atom stereocenters. The molecular formula is C21H22N10. The standard InChI is InChI=1S/C21H22N10/c1-13-15(16-6-9-29(3)25-16)12-31-18(13)19(23-17-11-14-5-4-8-30(14)26-17)24-20(27-31)21-22-7-10-28(21)2/h6-7,9-12H,4-5,8H2,1-3H3,(H,23,24,26,27). The lowest BCUT2D eigenvalue weighted by Crippen LogP contribution is -2.06. The molecule has 0 radical (unpaired) electrons. The molecule has 1 aliphatic heterocycles. The molecule has 10 heteroatoms. The summed E-state index contributed by atoms with van der Waals surface area (Å²) in [4.78, 5) is 9.29. The van der Waals surface area contributed by atoms with Crippen molar-refractivity contribution in [1.82, 2.24) is 43.7 Å². The van der Waals surface area contributed by atoms with Crippen molar-refractivity contribution in [3.63, 3.8) is 0 Å². The third-order valence-electron chi connectivity index (χ3n) is 5.81. The Kier molecular flexibility index (Phi) is 3.76. The van der Waals surface area contributed by atoms with Crippen LogP contribution in [-0.4, -0.2) is 43.7 Å². The van der Waals surface area contributed by atoms with Gasteiger partial charge in [-0.1, -0.05) is 0 Å². The minimum atomic E-state index is 0.539. The van der Waals surface area contributed by atoms with Crippen molar-refractivity contribution in [1.29, 1.82) is 0 Å². The maximum absolute atomic E-state index is 4.85. The highest BCUT2D eigenvalue weighted by Gasteiger charge is 2.21. The molecule has 1 N–H and O–H groups in total. The van der Waals surface area contributed by atoms with E-state index in [1.807, 2.05) is 47.8 Å². The molecular weight excluding hydrogens is 392 g/mol. The molecule has 156 valence electrons. The molecule has 5 aromatic heterocycles. The normalized spacial score (nSPS) is 13.3. The van der Waals surface area contributed by atoms with Crippen LogP contribution < -0.4 is 5.32 Å². The molecule has 0 fully saturated rings. The second kappa shape index (κ2) is 6.53. The second-order valence-electron chi connectivity index (χ2n) is 7.95. The number of aryl methyl sites for hydroxylation is 5. The Hall–Kier alpha value is -3.95. The van der Waals surface area contributed by atoms with E-state index in [1.165, 1.54) is 5.69 Å². The van der Waals surface area contributed by atoms with Crippen LogP contribution in [0.25, 0.3) is 28.4 Å². The Morgan fingerprint density at radius 2 is 2.00 bits per heavy atom. The van der Waals surface area contributed by atoms with E-state index in [1.54, 1.807) is 10.9 Å². The number of aromatic nitrogens is 9. The fourth-order valence-corrected chi connectivity index (χ4v) is 4.25. The van der Waals surface area contributed by atoms with Gasteiger partial charge >= 0.3 is 0 Å². The Morgan fingerprint density at radius 3 is 2.74 bits per heavy atom. The number of fused-ring (bicyclic) bond motifs is 2. The zero-order valence-corrected chi connectivity index (χ0v) is 17.6. The minimum absolute atomic E-state index is 0.539. The van der Waals surface area contributed by atoms with Gasteiger partial charge in [-0.05, 0) is 31.4 Å². The molecule has 0 bridgehead atoms. The third kappa shape index (κ3) is 2.82. The molecule has 0 aliphatic carbocycles. The molecule has 6 rings (SSSR count). The van der Waals surface area contributed by atoms with Crippen LogP contribution in [0.5, 0.6) is 0 Å². The first kappa shape index (κ1) is 17.9. The predicted octanol–water partition coefficient (Wildman–Crippen LogP) is 2.73. The average Bonchev–Trinajstić information content (AvgIpc) is 3.52. The van der Waals surface area contributed by atoms with Crippen LogP contribution in [0.15, 0.2) is 36.9 Å². The summed E-state index contributed by atoms with van der Waals surface area (Å²) in [7, 11) is 3.85. The van der Waals surface area contributed by atoms with E-state index in [0.29, 0.717) is 17.5 Å². The van der Waals surface area contributed by atoms with Gasteiger partial charge in [0.1, 0.15) is 5.52 Å². The fraction of sp³-hybridized carbons (Fsp3) is 0.286. The van der Waals surface area contributed by atoms with Crippen molar-refractivity contribution in [2.24, 2.45) is 14.1 Å². The molecule has 0 aromatic carbocycles. The van der Waals surface area contributed by atoms with Gasteiger partial charge in [-0.2, -0.15) is 10.2 Å². The van der Waals surface area contributed by atoms with Crippen LogP contribution in [0.3, 0.4) is 0 Å². The molecule has 6 heterocycles. The van der Waals surface area contributed by atoms with Gasteiger partial charge in [0, 0.05) is 62.8 Å². The highest BCUT2D eigenvalue weighted by Crippen LogP contribution is 2.32. The summed E-state index contributed by atoms with van der Waals surface area (Å²) in [6.45, 7) is 3.03. The molecule has 31 heavy (non-hydrogen) atoms. The summed E-state index contributed by atoms with van der Waals surface area (Å²) >= 11 is 0. The van der Waals surface area contributed by atoms with E-state index < -0.39 is 0 Å². The van der Waals surface area contributed by atoms with Crippen molar-refractivity contribution in [2.75, 3.05) is 5.32 Å². The van der Waals surface area contributed by atoms with Crippen molar-refractivity contribution in [3.05, 3.63) is 48.2 Å². The van der Waals surface area contributed by atoms with E-state index in [0.717, 1.165) is 47.5 Å². The van der Waals surface area contributed by atoms with Crippen molar-refractivity contribution in [2.45, 2.75) is 26.3 Å². The molecule has 10 nitrogen and oxygen atoms in total. The Balaban J connectivity index is 1.54.